The van der Waals surface area contributed by atoms with E-state index in [1.165, 1.54) is 0 Å². The monoisotopic (exact) mass is 301 g/mol. The van der Waals surface area contributed by atoms with Gasteiger partial charge in [-0.15, -0.1) is 0 Å². The number of nitrogen functional groups attached to an aromatic ring is 1. The van der Waals surface area contributed by atoms with Gasteiger partial charge in [-0.25, -0.2) is 4.98 Å². The van der Waals surface area contributed by atoms with E-state index >= 15 is 0 Å². The number of rotatable bonds is 3. The summed E-state index contributed by atoms with van der Waals surface area (Å²) < 4.78 is 37.4. The van der Waals surface area contributed by atoms with Crippen molar-refractivity contribution in [2.75, 3.05) is 11.1 Å². The first kappa shape index (κ1) is 14.5. The summed E-state index contributed by atoms with van der Waals surface area (Å²) >= 11 is 5.75. The van der Waals surface area contributed by atoms with Gasteiger partial charge in [-0.2, -0.15) is 13.2 Å². The van der Waals surface area contributed by atoms with Crippen molar-refractivity contribution in [2.45, 2.75) is 12.7 Å². The molecule has 0 saturated carbocycles. The van der Waals surface area contributed by atoms with E-state index in [1.807, 2.05) is 0 Å². The van der Waals surface area contributed by atoms with Gasteiger partial charge in [0.15, 0.2) is 0 Å². The predicted octanol–water partition coefficient (Wildman–Crippen LogP) is 3.95. The van der Waals surface area contributed by atoms with Crippen molar-refractivity contribution in [2.24, 2.45) is 0 Å². The van der Waals surface area contributed by atoms with Gasteiger partial charge in [-0.3, -0.25) is 0 Å². The van der Waals surface area contributed by atoms with Crippen LogP contribution >= 0.6 is 11.6 Å². The number of halogens is 4. The number of benzene rings is 1. The van der Waals surface area contributed by atoms with Crippen LogP contribution in [-0.4, -0.2) is 4.98 Å². The lowest BCUT2D eigenvalue weighted by atomic mass is 10.2. The summed E-state index contributed by atoms with van der Waals surface area (Å²) in [6.45, 7) is 0.389. The molecule has 0 aliphatic carbocycles. The van der Waals surface area contributed by atoms with Gasteiger partial charge in [-0.1, -0.05) is 23.7 Å². The van der Waals surface area contributed by atoms with Crippen LogP contribution in [-0.2, 0) is 12.7 Å². The highest BCUT2D eigenvalue weighted by molar-refractivity contribution is 6.30. The molecule has 1 aromatic carbocycles. The van der Waals surface area contributed by atoms with Crippen molar-refractivity contribution in [3.63, 3.8) is 0 Å². The lowest BCUT2D eigenvalue weighted by molar-refractivity contribution is -0.137. The molecular formula is C13H11ClF3N3. The van der Waals surface area contributed by atoms with E-state index in [0.717, 1.165) is 17.8 Å². The molecule has 0 saturated heterocycles. The third-order valence-corrected chi connectivity index (χ3v) is 2.87. The lowest BCUT2D eigenvalue weighted by Gasteiger charge is -2.11. The molecule has 2 rings (SSSR count). The Morgan fingerprint density at radius 2 is 1.85 bits per heavy atom. The zero-order valence-corrected chi connectivity index (χ0v) is 11.0. The maximum atomic E-state index is 12.5. The minimum absolute atomic E-state index is 0.0474. The highest BCUT2D eigenvalue weighted by Crippen LogP contribution is 2.31. The summed E-state index contributed by atoms with van der Waals surface area (Å²) in [5.41, 5.74) is 5.56. The van der Waals surface area contributed by atoms with Crippen LogP contribution in [0.3, 0.4) is 0 Å². The van der Waals surface area contributed by atoms with Crippen LogP contribution in [0.5, 0.6) is 0 Å². The van der Waals surface area contributed by atoms with Crippen LogP contribution in [0.4, 0.5) is 24.7 Å². The molecule has 0 radical (unpaired) electrons. The largest absolute Gasteiger partial charge is 0.417 e. The Hall–Kier alpha value is -1.95. The summed E-state index contributed by atoms with van der Waals surface area (Å²) in [5.74, 6) is 0.216. The summed E-state index contributed by atoms with van der Waals surface area (Å²) in [5, 5.41) is 3.49. The Labute approximate surface area is 118 Å². The van der Waals surface area contributed by atoms with Gasteiger partial charge in [0.2, 0.25) is 0 Å². The number of nitrogens with two attached hydrogens (primary N) is 1. The van der Waals surface area contributed by atoms with Crippen molar-refractivity contribution >= 4 is 23.1 Å². The summed E-state index contributed by atoms with van der Waals surface area (Å²) in [4.78, 5) is 3.70. The number of hydrogen-bond acceptors (Lipinski definition) is 3. The highest BCUT2D eigenvalue weighted by Gasteiger charge is 2.31. The first-order valence-electron chi connectivity index (χ1n) is 5.67. The van der Waals surface area contributed by atoms with E-state index in [4.69, 9.17) is 17.3 Å². The zero-order chi connectivity index (χ0) is 14.8. The van der Waals surface area contributed by atoms with E-state index in [0.29, 0.717) is 11.6 Å². The molecule has 0 amide bonds. The molecule has 0 aliphatic rings. The second kappa shape index (κ2) is 5.58. The average Bonchev–Trinajstić information content (AvgIpc) is 2.38. The molecule has 7 heteroatoms. The Balaban J connectivity index is 2.08. The molecule has 0 bridgehead atoms. The third kappa shape index (κ3) is 3.54. The molecule has 0 fully saturated rings. The van der Waals surface area contributed by atoms with Crippen LogP contribution < -0.4 is 11.1 Å². The van der Waals surface area contributed by atoms with Gasteiger partial charge < -0.3 is 11.1 Å². The zero-order valence-electron chi connectivity index (χ0n) is 10.2. The number of aromatic nitrogens is 1. The predicted molar refractivity (Wildman–Crippen MR) is 72.4 cm³/mol. The summed E-state index contributed by atoms with van der Waals surface area (Å²) in [6.07, 6.45) is -3.70. The average molecular weight is 302 g/mol. The lowest BCUT2D eigenvalue weighted by Crippen LogP contribution is -2.09. The summed E-state index contributed by atoms with van der Waals surface area (Å²) in [7, 11) is 0. The van der Waals surface area contributed by atoms with Crippen LogP contribution in [0.2, 0.25) is 5.02 Å². The quantitative estimate of drug-likeness (QED) is 0.902. The molecule has 106 valence electrons. The van der Waals surface area contributed by atoms with E-state index in [9.17, 15) is 13.2 Å². The van der Waals surface area contributed by atoms with Gasteiger partial charge in [0.05, 0.1) is 11.3 Å². The fraction of sp³-hybridized carbons (Fsp3) is 0.154. The molecule has 0 unspecified atom stereocenters. The normalized spacial score (nSPS) is 11.4. The fourth-order valence-corrected chi connectivity index (χ4v) is 1.70. The standard InChI is InChI=1S/C13H11ClF3N3/c14-10-3-1-8(2-4-10)6-19-12-11(18)5-9(7-20-12)13(15,16)17/h1-5,7H,6,18H2,(H,19,20). The molecule has 0 aliphatic heterocycles. The molecular weight excluding hydrogens is 291 g/mol. The van der Waals surface area contributed by atoms with Crippen molar-refractivity contribution in [3.05, 3.63) is 52.7 Å². The number of pyridine rings is 1. The van der Waals surface area contributed by atoms with Crippen molar-refractivity contribution < 1.29 is 13.2 Å². The smallest absolute Gasteiger partial charge is 0.396 e. The maximum absolute atomic E-state index is 12.5. The number of anilines is 2. The molecule has 20 heavy (non-hydrogen) atoms. The molecule has 3 N–H and O–H groups in total. The van der Waals surface area contributed by atoms with Crippen LogP contribution in [0.25, 0.3) is 0 Å². The van der Waals surface area contributed by atoms with Crippen LogP contribution in [0.1, 0.15) is 11.1 Å². The SMILES string of the molecule is Nc1cc(C(F)(F)F)cnc1NCc1ccc(Cl)cc1. The van der Waals surface area contributed by atoms with Gasteiger partial charge in [-0.05, 0) is 23.8 Å². The van der Waals surface area contributed by atoms with Crippen LogP contribution in [0, 0.1) is 0 Å². The Morgan fingerprint density at radius 1 is 1.20 bits per heavy atom. The second-order valence-corrected chi connectivity index (χ2v) is 4.58. The molecule has 3 nitrogen and oxygen atoms in total. The topological polar surface area (TPSA) is 50.9 Å². The van der Waals surface area contributed by atoms with Gasteiger partial charge in [0, 0.05) is 17.8 Å². The van der Waals surface area contributed by atoms with Crippen molar-refractivity contribution in [3.8, 4) is 0 Å². The second-order valence-electron chi connectivity index (χ2n) is 4.14. The van der Waals surface area contributed by atoms with E-state index in [-0.39, 0.29) is 11.5 Å². The molecule has 1 aromatic heterocycles. The number of nitrogens with zero attached hydrogens (tertiary/aromatic N) is 1. The van der Waals surface area contributed by atoms with E-state index in [2.05, 4.69) is 10.3 Å². The molecule has 0 atom stereocenters. The number of hydrogen-bond donors (Lipinski definition) is 2. The Kier molecular flexibility index (Phi) is 4.04. The molecule has 0 spiro atoms. The first-order chi connectivity index (χ1) is 9.36. The maximum Gasteiger partial charge on any atom is 0.417 e. The van der Waals surface area contributed by atoms with Crippen molar-refractivity contribution in [1.29, 1.82) is 0 Å². The minimum Gasteiger partial charge on any atom is -0.396 e. The van der Waals surface area contributed by atoms with Gasteiger partial charge in [0.25, 0.3) is 0 Å². The Morgan fingerprint density at radius 3 is 2.40 bits per heavy atom. The van der Waals surface area contributed by atoms with E-state index < -0.39 is 11.7 Å². The summed E-state index contributed by atoms with van der Waals surface area (Å²) in [6, 6.07) is 7.91. The van der Waals surface area contributed by atoms with Gasteiger partial charge in [0.1, 0.15) is 5.82 Å². The molecule has 2 aromatic rings. The van der Waals surface area contributed by atoms with E-state index in [1.54, 1.807) is 24.3 Å². The first-order valence-corrected chi connectivity index (χ1v) is 6.05. The van der Waals surface area contributed by atoms with Gasteiger partial charge >= 0.3 is 6.18 Å². The Bertz CT molecular complexity index is 597. The highest BCUT2D eigenvalue weighted by atomic mass is 35.5. The number of alkyl halides is 3. The third-order valence-electron chi connectivity index (χ3n) is 2.62. The van der Waals surface area contributed by atoms with Crippen LogP contribution in [0.15, 0.2) is 36.5 Å². The minimum atomic E-state index is -4.45. The number of nitrogens with one attached hydrogen (secondary N) is 1. The molecule has 1 heterocycles. The van der Waals surface area contributed by atoms with Crippen molar-refractivity contribution in [1.82, 2.24) is 4.98 Å². The fourth-order valence-electron chi connectivity index (χ4n) is 1.57.